The molecule has 0 saturated carbocycles. The number of anilines is 1. The van der Waals surface area contributed by atoms with Crippen LogP contribution in [0, 0.1) is 15.9 Å². The van der Waals surface area contributed by atoms with Gasteiger partial charge in [-0.15, -0.1) is 0 Å². The first-order valence-corrected chi connectivity index (χ1v) is 7.79. The number of benzene rings is 1. The Bertz CT molecular complexity index is 861. The smallest absolute Gasteiger partial charge is 0.274 e. The number of carbonyl (C=O) groups excluding carboxylic acids is 1. The Morgan fingerprint density at radius 2 is 2.32 bits per heavy atom. The van der Waals surface area contributed by atoms with E-state index in [2.05, 4.69) is 4.98 Å². The van der Waals surface area contributed by atoms with Gasteiger partial charge in [-0.2, -0.15) is 0 Å². The molecule has 1 aromatic heterocycles. The Kier molecular flexibility index (Phi) is 4.54. The second kappa shape index (κ2) is 6.64. The van der Waals surface area contributed by atoms with Crippen LogP contribution < -0.4 is 9.64 Å². The molecule has 130 valence electrons. The highest BCUT2D eigenvalue weighted by Gasteiger charge is 2.30. The maximum absolute atomic E-state index is 13.7. The molecule has 1 aliphatic rings. The van der Waals surface area contributed by atoms with E-state index in [1.165, 1.54) is 4.90 Å². The summed E-state index contributed by atoms with van der Waals surface area (Å²) in [5.74, 6) is -0.923. The summed E-state index contributed by atoms with van der Waals surface area (Å²) < 4.78 is 19.3. The average Bonchev–Trinajstić information content (AvgIpc) is 2.56. The fraction of sp³-hybridized carbons (Fsp3) is 0.250. The molecule has 1 aliphatic heterocycles. The molecule has 0 bridgehead atoms. The van der Waals surface area contributed by atoms with Crippen LogP contribution in [0.15, 0.2) is 30.5 Å². The number of fused-ring (bicyclic) bond motifs is 1. The fourth-order valence-electron chi connectivity index (χ4n) is 2.65. The molecule has 1 atom stereocenters. The highest BCUT2D eigenvalue weighted by atomic mass is 35.5. The van der Waals surface area contributed by atoms with Crippen molar-refractivity contribution in [3.05, 3.63) is 57.0 Å². The maximum Gasteiger partial charge on any atom is 0.274 e. The second-order valence-corrected chi connectivity index (χ2v) is 6.00. The average molecular weight is 366 g/mol. The SMILES string of the molecule is C[C@@H]1CN(C(=O)Cc2cc(F)c(Cl)cc2[N+](=O)[O-])c2cccnc2O1. The van der Waals surface area contributed by atoms with Gasteiger partial charge in [-0.05, 0) is 25.1 Å². The van der Waals surface area contributed by atoms with Gasteiger partial charge in [0.05, 0.1) is 22.9 Å². The zero-order chi connectivity index (χ0) is 18.1. The summed E-state index contributed by atoms with van der Waals surface area (Å²) in [7, 11) is 0. The minimum atomic E-state index is -0.813. The van der Waals surface area contributed by atoms with Crippen LogP contribution in [0.25, 0.3) is 0 Å². The minimum Gasteiger partial charge on any atom is -0.471 e. The lowest BCUT2D eigenvalue weighted by Gasteiger charge is -2.32. The van der Waals surface area contributed by atoms with Crippen molar-refractivity contribution in [1.82, 2.24) is 4.98 Å². The van der Waals surface area contributed by atoms with Gasteiger partial charge in [-0.1, -0.05) is 11.6 Å². The summed E-state index contributed by atoms with van der Waals surface area (Å²) >= 11 is 5.60. The number of pyridine rings is 1. The number of nitro groups is 1. The molecule has 1 amide bonds. The lowest BCUT2D eigenvalue weighted by molar-refractivity contribution is -0.385. The third-order valence-corrected chi connectivity index (χ3v) is 4.04. The molecule has 2 heterocycles. The van der Waals surface area contributed by atoms with Crippen molar-refractivity contribution in [2.24, 2.45) is 0 Å². The molecule has 0 N–H and O–H groups in total. The molecule has 0 aliphatic carbocycles. The Morgan fingerprint density at radius 3 is 3.04 bits per heavy atom. The molecule has 3 rings (SSSR count). The first kappa shape index (κ1) is 17.1. The van der Waals surface area contributed by atoms with Crippen LogP contribution in [0.4, 0.5) is 15.8 Å². The van der Waals surface area contributed by atoms with E-state index in [1.807, 2.05) is 0 Å². The third-order valence-electron chi connectivity index (χ3n) is 3.76. The summed E-state index contributed by atoms with van der Waals surface area (Å²) in [5.41, 5.74) is 0.0386. The number of hydrogen-bond donors (Lipinski definition) is 0. The van der Waals surface area contributed by atoms with Crippen molar-refractivity contribution >= 4 is 28.9 Å². The van der Waals surface area contributed by atoms with Crippen molar-refractivity contribution in [3.8, 4) is 5.88 Å². The standard InChI is InChI=1S/C16H13ClFN3O4/c1-9-8-20(13-3-2-4-19-16(13)25-9)15(22)6-10-5-12(18)11(17)7-14(10)21(23)24/h2-5,7,9H,6,8H2,1H3/t9-/m1/s1. The van der Waals surface area contributed by atoms with Crippen LogP contribution in [-0.2, 0) is 11.2 Å². The van der Waals surface area contributed by atoms with E-state index >= 15 is 0 Å². The number of amides is 1. The summed E-state index contributed by atoms with van der Waals surface area (Å²) in [6, 6.07) is 5.16. The molecular formula is C16H13ClFN3O4. The lowest BCUT2D eigenvalue weighted by atomic mass is 10.1. The molecule has 2 aromatic rings. The van der Waals surface area contributed by atoms with Crippen LogP contribution in [0.5, 0.6) is 5.88 Å². The fourth-order valence-corrected chi connectivity index (χ4v) is 2.80. The van der Waals surface area contributed by atoms with Gasteiger partial charge in [0.2, 0.25) is 11.8 Å². The van der Waals surface area contributed by atoms with Crippen LogP contribution in [0.3, 0.4) is 0 Å². The van der Waals surface area contributed by atoms with Gasteiger partial charge in [0.1, 0.15) is 17.6 Å². The maximum atomic E-state index is 13.7. The number of nitrogens with zero attached hydrogens (tertiary/aromatic N) is 3. The summed E-state index contributed by atoms with van der Waals surface area (Å²) in [6.07, 6.45) is 0.910. The highest BCUT2D eigenvalue weighted by molar-refractivity contribution is 6.31. The Balaban J connectivity index is 1.93. The third kappa shape index (κ3) is 3.39. The topological polar surface area (TPSA) is 85.6 Å². The highest BCUT2D eigenvalue weighted by Crippen LogP contribution is 2.32. The zero-order valence-electron chi connectivity index (χ0n) is 13.1. The van der Waals surface area contributed by atoms with Crippen molar-refractivity contribution < 1.29 is 18.8 Å². The first-order chi connectivity index (χ1) is 11.9. The van der Waals surface area contributed by atoms with Gasteiger partial charge in [0.25, 0.3) is 5.69 Å². The molecule has 9 heteroatoms. The summed E-state index contributed by atoms with van der Waals surface area (Å²) in [6.45, 7) is 2.05. The summed E-state index contributed by atoms with van der Waals surface area (Å²) in [4.78, 5) is 28.7. The number of aromatic nitrogens is 1. The van der Waals surface area contributed by atoms with Gasteiger partial charge in [-0.3, -0.25) is 14.9 Å². The Labute approximate surface area is 147 Å². The quantitative estimate of drug-likeness (QED) is 0.616. The molecule has 7 nitrogen and oxygen atoms in total. The van der Waals surface area contributed by atoms with Crippen LogP contribution in [-0.4, -0.2) is 28.5 Å². The van der Waals surface area contributed by atoms with E-state index in [0.29, 0.717) is 11.6 Å². The zero-order valence-corrected chi connectivity index (χ0v) is 13.9. The van der Waals surface area contributed by atoms with Gasteiger partial charge >= 0.3 is 0 Å². The van der Waals surface area contributed by atoms with E-state index in [-0.39, 0.29) is 29.7 Å². The van der Waals surface area contributed by atoms with Crippen molar-refractivity contribution in [2.75, 3.05) is 11.4 Å². The second-order valence-electron chi connectivity index (χ2n) is 5.59. The van der Waals surface area contributed by atoms with Gasteiger partial charge in [0, 0.05) is 17.8 Å². The molecule has 0 unspecified atom stereocenters. The van der Waals surface area contributed by atoms with Gasteiger partial charge in [0.15, 0.2) is 0 Å². The lowest BCUT2D eigenvalue weighted by Crippen LogP contribution is -2.43. The van der Waals surface area contributed by atoms with E-state index in [9.17, 15) is 19.3 Å². The number of rotatable bonds is 3. The monoisotopic (exact) mass is 365 g/mol. The minimum absolute atomic E-state index is 0.0403. The largest absolute Gasteiger partial charge is 0.471 e. The number of ether oxygens (including phenoxy) is 1. The Morgan fingerprint density at radius 1 is 1.56 bits per heavy atom. The van der Waals surface area contributed by atoms with Crippen molar-refractivity contribution in [2.45, 2.75) is 19.4 Å². The molecular weight excluding hydrogens is 353 g/mol. The van der Waals surface area contributed by atoms with Crippen molar-refractivity contribution in [1.29, 1.82) is 0 Å². The van der Waals surface area contributed by atoms with Crippen molar-refractivity contribution in [3.63, 3.8) is 0 Å². The molecule has 0 saturated heterocycles. The molecule has 0 fully saturated rings. The number of halogens is 2. The van der Waals surface area contributed by atoms with E-state index in [0.717, 1.165) is 12.1 Å². The number of hydrogen-bond acceptors (Lipinski definition) is 5. The molecule has 1 aromatic carbocycles. The Hall–Kier alpha value is -2.74. The van der Waals surface area contributed by atoms with E-state index < -0.39 is 22.3 Å². The van der Waals surface area contributed by atoms with Gasteiger partial charge < -0.3 is 9.64 Å². The predicted octanol–water partition coefficient (Wildman–Crippen LogP) is 3.14. The molecule has 25 heavy (non-hydrogen) atoms. The normalized spacial score (nSPS) is 16.1. The van der Waals surface area contributed by atoms with E-state index in [4.69, 9.17) is 16.3 Å². The predicted molar refractivity (Wildman–Crippen MR) is 88.4 cm³/mol. The molecule has 0 radical (unpaired) electrons. The summed E-state index contributed by atoms with van der Waals surface area (Å²) in [5, 5.41) is 10.8. The first-order valence-electron chi connectivity index (χ1n) is 7.41. The number of nitro benzene ring substituents is 1. The van der Waals surface area contributed by atoms with Crippen LogP contribution >= 0.6 is 11.6 Å². The van der Waals surface area contributed by atoms with Gasteiger partial charge in [-0.25, -0.2) is 9.37 Å². The van der Waals surface area contributed by atoms with Crippen LogP contribution in [0.2, 0.25) is 5.02 Å². The van der Waals surface area contributed by atoms with Crippen LogP contribution in [0.1, 0.15) is 12.5 Å². The van der Waals surface area contributed by atoms with E-state index in [1.54, 1.807) is 25.3 Å². The molecule has 0 spiro atoms. The number of carbonyl (C=O) groups is 1.